The van der Waals surface area contributed by atoms with Crippen LogP contribution < -0.4 is 5.73 Å². The van der Waals surface area contributed by atoms with Gasteiger partial charge >= 0.3 is 0 Å². The highest BCUT2D eigenvalue weighted by Crippen LogP contribution is 2.27. The van der Waals surface area contributed by atoms with Crippen LogP contribution in [-0.4, -0.2) is 16.6 Å². The number of aliphatic hydroxyl groups excluding tert-OH is 1. The predicted octanol–water partition coefficient (Wildman–Crippen LogP) is 2.12. The number of aromatic nitrogens is 1. The first-order valence-electron chi connectivity index (χ1n) is 4.79. The van der Waals surface area contributed by atoms with E-state index >= 15 is 0 Å². The van der Waals surface area contributed by atoms with Crippen molar-refractivity contribution in [2.45, 2.75) is 13.0 Å². The molecular formula is C11H13ClN2O. The lowest BCUT2D eigenvalue weighted by Gasteiger charge is -2.03. The average molecular weight is 225 g/mol. The molecule has 2 aromatic rings. The molecule has 0 aliphatic rings. The molecule has 0 fully saturated rings. The summed E-state index contributed by atoms with van der Waals surface area (Å²) in [5.74, 6) is 0. The van der Waals surface area contributed by atoms with Crippen LogP contribution in [0.2, 0.25) is 5.02 Å². The molecular weight excluding hydrogens is 212 g/mol. The number of nitrogens with one attached hydrogen (secondary N) is 1. The maximum atomic E-state index is 9.60. The molecule has 1 heterocycles. The van der Waals surface area contributed by atoms with Crippen LogP contribution in [-0.2, 0) is 0 Å². The number of hydrogen-bond acceptors (Lipinski definition) is 2. The van der Waals surface area contributed by atoms with Gasteiger partial charge in [0, 0.05) is 22.6 Å². The third-order valence-electron chi connectivity index (χ3n) is 2.59. The summed E-state index contributed by atoms with van der Waals surface area (Å²) in [5.41, 5.74) is 8.09. The van der Waals surface area contributed by atoms with Gasteiger partial charge in [0.2, 0.25) is 0 Å². The summed E-state index contributed by atoms with van der Waals surface area (Å²) < 4.78 is 0. The molecule has 1 aromatic carbocycles. The number of aliphatic hydroxyl groups is 1. The van der Waals surface area contributed by atoms with Crippen molar-refractivity contribution in [1.82, 2.24) is 4.98 Å². The molecule has 2 rings (SSSR count). The van der Waals surface area contributed by atoms with Crippen molar-refractivity contribution in [3.63, 3.8) is 0 Å². The van der Waals surface area contributed by atoms with Crippen LogP contribution in [0.3, 0.4) is 0 Å². The van der Waals surface area contributed by atoms with E-state index in [1.54, 1.807) is 0 Å². The van der Waals surface area contributed by atoms with E-state index in [1.807, 2.05) is 25.1 Å². The van der Waals surface area contributed by atoms with E-state index in [0.717, 1.165) is 27.2 Å². The molecule has 0 spiro atoms. The zero-order valence-corrected chi connectivity index (χ0v) is 9.17. The molecule has 15 heavy (non-hydrogen) atoms. The summed E-state index contributed by atoms with van der Waals surface area (Å²) in [5, 5.41) is 11.4. The molecule has 0 aliphatic carbocycles. The van der Waals surface area contributed by atoms with Gasteiger partial charge in [-0.25, -0.2) is 0 Å². The molecule has 0 bridgehead atoms. The van der Waals surface area contributed by atoms with E-state index in [-0.39, 0.29) is 6.54 Å². The number of rotatable bonds is 2. The quantitative estimate of drug-likeness (QED) is 0.732. The van der Waals surface area contributed by atoms with Crippen molar-refractivity contribution < 1.29 is 5.11 Å². The molecule has 4 N–H and O–H groups in total. The second kappa shape index (κ2) is 3.85. The van der Waals surface area contributed by atoms with Crippen molar-refractivity contribution in [1.29, 1.82) is 0 Å². The average Bonchev–Trinajstić information content (AvgIpc) is 2.67. The van der Waals surface area contributed by atoms with Gasteiger partial charge in [-0.3, -0.25) is 0 Å². The Morgan fingerprint density at radius 1 is 1.53 bits per heavy atom. The lowest BCUT2D eigenvalue weighted by atomic mass is 10.1. The van der Waals surface area contributed by atoms with Gasteiger partial charge in [0.1, 0.15) is 6.10 Å². The van der Waals surface area contributed by atoms with Crippen molar-refractivity contribution in [3.8, 4) is 0 Å². The summed E-state index contributed by atoms with van der Waals surface area (Å²) in [6.07, 6.45) is -0.643. The Morgan fingerprint density at radius 3 is 2.93 bits per heavy atom. The van der Waals surface area contributed by atoms with Gasteiger partial charge in [0.05, 0.1) is 5.52 Å². The van der Waals surface area contributed by atoms with Crippen LogP contribution in [0, 0.1) is 6.92 Å². The normalized spacial score (nSPS) is 13.3. The highest BCUT2D eigenvalue weighted by Gasteiger charge is 2.10. The SMILES string of the molecule is Cc1c(Cl)ccc2cc(C(O)CN)[nH]c12. The lowest BCUT2D eigenvalue weighted by Crippen LogP contribution is -2.11. The van der Waals surface area contributed by atoms with Crippen LogP contribution >= 0.6 is 11.6 Å². The zero-order chi connectivity index (χ0) is 11.0. The minimum Gasteiger partial charge on any atom is -0.386 e. The Kier molecular flexibility index (Phi) is 2.69. The highest BCUT2D eigenvalue weighted by atomic mass is 35.5. The summed E-state index contributed by atoms with van der Waals surface area (Å²) >= 11 is 6.00. The number of aryl methyl sites for hydroxylation is 1. The Morgan fingerprint density at radius 2 is 2.27 bits per heavy atom. The number of aromatic amines is 1. The van der Waals surface area contributed by atoms with Gasteiger partial charge in [0.25, 0.3) is 0 Å². The molecule has 1 aromatic heterocycles. The van der Waals surface area contributed by atoms with Crippen molar-refractivity contribution in [2.75, 3.05) is 6.54 Å². The first kappa shape index (κ1) is 10.5. The number of hydrogen-bond donors (Lipinski definition) is 3. The topological polar surface area (TPSA) is 62.0 Å². The maximum absolute atomic E-state index is 9.60. The monoisotopic (exact) mass is 224 g/mol. The minimum absolute atomic E-state index is 0.208. The van der Waals surface area contributed by atoms with Crippen molar-refractivity contribution in [2.24, 2.45) is 5.73 Å². The largest absolute Gasteiger partial charge is 0.386 e. The molecule has 1 unspecified atom stereocenters. The van der Waals surface area contributed by atoms with Crippen LogP contribution in [0.5, 0.6) is 0 Å². The molecule has 0 amide bonds. The fourth-order valence-corrected chi connectivity index (χ4v) is 1.81. The fraction of sp³-hybridized carbons (Fsp3) is 0.273. The van der Waals surface area contributed by atoms with Crippen LogP contribution in [0.4, 0.5) is 0 Å². The van der Waals surface area contributed by atoms with E-state index in [2.05, 4.69) is 4.98 Å². The van der Waals surface area contributed by atoms with Crippen LogP contribution in [0.15, 0.2) is 18.2 Å². The molecule has 3 nitrogen and oxygen atoms in total. The van der Waals surface area contributed by atoms with Crippen LogP contribution in [0.25, 0.3) is 10.9 Å². The van der Waals surface area contributed by atoms with E-state index < -0.39 is 6.10 Å². The molecule has 0 saturated carbocycles. The van der Waals surface area contributed by atoms with E-state index in [1.165, 1.54) is 0 Å². The van der Waals surface area contributed by atoms with E-state index in [9.17, 15) is 5.11 Å². The molecule has 80 valence electrons. The first-order valence-corrected chi connectivity index (χ1v) is 5.17. The number of halogens is 1. The summed E-state index contributed by atoms with van der Waals surface area (Å²) in [4.78, 5) is 3.14. The second-order valence-electron chi connectivity index (χ2n) is 3.61. The number of H-pyrrole nitrogens is 1. The molecule has 4 heteroatoms. The van der Waals surface area contributed by atoms with Gasteiger partial charge in [-0.05, 0) is 24.6 Å². The third kappa shape index (κ3) is 1.74. The molecule has 0 aliphatic heterocycles. The lowest BCUT2D eigenvalue weighted by molar-refractivity contribution is 0.183. The summed E-state index contributed by atoms with van der Waals surface area (Å²) in [7, 11) is 0. The maximum Gasteiger partial charge on any atom is 0.106 e. The third-order valence-corrected chi connectivity index (χ3v) is 3.00. The molecule has 0 saturated heterocycles. The molecule has 0 radical (unpaired) electrons. The Bertz CT molecular complexity index is 493. The van der Waals surface area contributed by atoms with E-state index in [4.69, 9.17) is 17.3 Å². The van der Waals surface area contributed by atoms with Gasteiger partial charge in [-0.2, -0.15) is 0 Å². The van der Waals surface area contributed by atoms with Gasteiger partial charge in [0.15, 0.2) is 0 Å². The Labute approximate surface area is 92.9 Å². The Hall–Kier alpha value is -1.03. The standard InChI is InChI=1S/C11H13ClN2O/c1-6-8(12)3-2-7-4-9(10(15)5-13)14-11(6)7/h2-4,10,14-15H,5,13H2,1H3. The van der Waals surface area contributed by atoms with Gasteiger partial charge in [-0.15, -0.1) is 0 Å². The first-order chi connectivity index (χ1) is 7.13. The minimum atomic E-state index is -0.643. The predicted molar refractivity (Wildman–Crippen MR) is 62.1 cm³/mol. The summed E-state index contributed by atoms with van der Waals surface area (Å²) in [6, 6.07) is 5.68. The van der Waals surface area contributed by atoms with Crippen molar-refractivity contribution in [3.05, 3.63) is 34.5 Å². The molecule has 1 atom stereocenters. The van der Waals surface area contributed by atoms with Gasteiger partial charge < -0.3 is 15.8 Å². The zero-order valence-electron chi connectivity index (χ0n) is 8.42. The number of benzene rings is 1. The smallest absolute Gasteiger partial charge is 0.106 e. The summed E-state index contributed by atoms with van der Waals surface area (Å²) in [6.45, 7) is 2.15. The van der Waals surface area contributed by atoms with E-state index in [0.29, 0.717) is 0 Å². The van der Waals surface area contributed by atoms with Crippen LogP contribution in [0.1, 0.15) is 17.4 Å². The number of fused-ring (bicyclic) bond motifs is 1. The highest BCUT2D eigenvalue weighted by molar-refractivity contribution is 6.32. The second-order valence-corrected chi connectivity index (χ2v) is 4.02. The fourth-order valence-electron chi connectivity index (χ4n) is 1.65. The Balaban J connectivity index is 2.61. The van der Waals surface area contributed by atoms with Crippen molar-refractivity contribution >= 4 is 22.5 Å². The number of nitrogens with two attached hydrogens (primary N) is 1. The van der Waals surface area contributed by atoms with Gasteiger partial charge in [-0.1, -0.05) is 17.7 Å².